The quantitative estimate of drug-likeness (QED) is 0.101. The highest BCUT2D eigenvalue weighted by Crippen LogP contribution is 2.35. The van der Waals surface area contributed by atoms with Gasteiger partial charge in [-0.1, -0.05) is 67.1 Å². The molecule has 0 bridgehead atoms. The molecule has 2 heterocycles. The molecule has 0 atom stereocenters. The fourth-order valence-corrected chi connectivity index (χ4v) is 7.00. The second-order valence-electron chi connectivity index (χ2n) is 11.9. The Bertz CT molecular complexity index is 2050. The van der Waals surface area contributed by atoms with Crippen LogP contribution in [0.15, 0.2) is 56.7 Å². The summed E-state index contributed by atoms with van der Waals surface area (Å²) in [7, 11) is 0.730. The van der Waals surface area contributed by atoms with Crippen molar-refractivity contribution in [3.63, 3.8) is 0 Å². The van der Waals surface area contributed by atoms with Gasteiger partial charge in [0.05, 0.1) is 25.7 Å². The molecule has 0 aliphatic heterocycles. The lowest BCUT2D eigenvalue weighted by Gasteiger charge is -2.24. The van der Waals surface area contributed by atoms with Crippen LogP contribution in [0, 0.1) is 20.8 Å². The number of aryl methyl sites for hydroxylation is 3. The van der Waals surface area contributed by atoms with E-state index >= 15 is 0 Å². The summed E-state index contributed by atoms with van der Waals surface area (Å²) < 4.78 is 66.3. The fraction of sp³-hybridized carbons (Fsp3) is 0.444. The fourth-order valence-electron chi connectivity index (χ4n) is 5.27. The largest absolute Gasteiger partial charge is 0.377 e. The van der Waals surface area contributed by atoms with Crippen LogP contribution in [0.5, 0.6) is 0 Å². The van der Waals surface area contributed by atoms with E-state index in [1.165, 1.54) is 13.2 Å². The number of benzene rings is 2. The highest BCUT2D eigenvalue weighted by Gasteiger charge is 2.32. The molecule has 264 valence electrons. The summed E-state index contributed by atoms with van der Waals surface area (Å²) in [5.74, 6) is 0.933. The number of ether oxygens (including phenoxy) is 2. The summed E-state index contributed by atoms with van der Waals surface area (Å²) in [6, 6.07) is 11.4. The van der Waals surface area contributed by atoms with Crippen molar-refractivity contribution in [1.82, 2.24) is 19.6 Å². The maximum atomic E-state index is 14.4. The Balaban J connectivity index is 1.92. The van der Waals surface area contributed by atoms with Gasteiger partial charge in [-0.3, -0.25) is 9.36 Å². The number of likely N-dealkylation sites (N-methyl/N-ethyl adjacent to an activating group) is 1. The van der Waals surface area contributed by atoms with E-state index in [0.717, 1.165) is 15.3 Å². The summed E-state index contributed by atoms with van der Waals surface area (Å²) in [5, 5.41) is 4.01. The molecular weight excluding hydrogens is 663 g/mol. The van der Waals surface area contributed by atoms with Gasteiger partial charge in [0.25, 0.3) is 15.6 Å². The molecule has 4 rings (SSSR count). The first-order chi connectivity index (χ1) is 24.1. The van der Waals surface area contributed by atoms with Crippen LogP contribution in [-0.4, -0.2) is 67.6 Å². The number of anilines is 1. The van der Waals surface area contributed by atoms with Gasteiger partial charge in [0, 0.05) is 63.0 Å². The smallest absolute Gasteiger partial charge is 0.268 e. The molecule has 0 amide bonds. The van der Waals surface area contributed by atoms with E-state index in [4.69, 9.17) is 31.2 Å². The number of unbranched alkanes of at least 4 members (excludes halogenated alkanes) is 1. The van der Waals surface area contributed by atoms with Gasteiger partial charge in [-0.2, -0.15) is 0 Å². The second kappa shape index (κ2) is 16.7. The van der Waals surface area contributed by atoms with Gasteiger partial charge < -0.3 is 18.9 Å². The predicted octanol–water partition coefficient (Wildman–Crippen LogP) is 5.98. The zero-order valence-electron chi connectivity index (χ0n) is 31.5. The highest BCUT2D eigenvalue weighted by molar-refractivity contribution is 7.93. The normalized spacial score (nSPS) is 12.5. The van der Waals surface area contributed by atoms with Gasteiger partial charge in [0.1, 0.15) is 18.3 Å². The van der Waals surface area contributed by atoms with Gasteiger partial charge in [-0.05, 0) is 56.9 Å². The van der Waals surface area contributed by atoms with Crippen LogP contribution < -0.4 is 9.86 Å². The van der Waals surface area contributed by atoms with Crippen LogP contribution in [0.2, 0.25) is 0 Å². The number of sulfonamides is 1. The minimum Gasteiger partial charge on any atom is -0.377 e. The minimum absolute atomic E-state index is 0.0158. The topological polar surface area (TPSA) is 120 Å². The zero-order valence-corrected chi connectivity index (χ0v) is 31.1. The number of nitrogens with zero attached hydrogens (tertiary/aromatic N) is 5. The molecule has 13 heteroatoms. The van der Waals surface area contributed by atoms with Crippen LogP contribution >= 0.6 is 12.2 Å². The minimum atomic E-state index is -4.26. The van der Waals surface area contributed by atoms with Crippen molar-refractivity contribution in [3.8, 4) is 11.1 Å². The summed E-state index contributed by atoms with van der Waals surface area (Å²) in [5.41, 5.74) is 2.52. The standard InChI is InChI=1S/C36H47N5O6S2/c1-9-11-16-33-37-25(4)31(20-34(48)39(6)7)36(42)40(33)21-27-17-18-29(28(19-27)22-46-10-2)30-14-12-13-15-32(30)49(43,44)41(23-45-8)35-24(3)26(5)47-38-35/h12-15,17-19H,9-11,16,20-23H2,1-8H3/i21D2. The number of thiocarbonyl (C=S) groups is 1. The molecule has 11 nitrogen and oxygen atoms in total. The Hall–Kier alpha value is -3.91. The summed E-state index contributed by atoms with van der Waals surface area (Å²) in [6.07, 6.45) is 2.10. The highest BCUT2D eigenvalue weighted by atomic mass is 32.2. The first-order valence-electron chi connectivity index (χ1n) is 17.2. The number of rotatable bonds is 16. The third kappa shape index (κ3) is 8.46. The molecule has 0 saturated carbocycles. The van der Waals surface area contributed by atoms with Gasteiger partial charge >= 0.3 is 0 Å². The number of hydrogen-bond donors (Lipinski definition) is 0. The second-order valence-corrected chi connectivity index (χ2v) is 14.2. The third-order valence-electron chi connectivity index (χ3n) is 8.20. The molecule has 0 fully saturated rings. The molecule has 0 aliphatic carbocycles. The summed E-state index contributed by atoms with van der Waals surface area (Å²) >= 11 is 5.51. The lowest BCUT2D eigenvalue weighted by atomic mass is 9.97. The summed E-state index contributed by atoms with van der Waals surface area (Å²) in [6.45, 7) is 6.80. The van der Waals surface area contributed by atoms with Crippen molar-refractivity contribution in [2.24, 2.45) is 0 Å². The Morgan fingerprint density at radius 1 is 1.10 bits per heavy atom. The van der Waals surface area contributed by atoms with Gasteiger partial charge in [0.2, 0.25) is 0 Å². The molecular formula is C36H47N5O6S2. The van der Waals surface area contributed by atoms with Crippen LogP contribution in [-0.2, 0) is 45.4 Å². The van der Waals surface area contributed by atoms with Crippen molar-refractivity contribution in [1.29, 1.82) is 0 Å². The van der Waals surface area contributed by atoms with Crippen molar-refractivity contribution >= 4 is 33.0 Å². The molecule has 0 unspecified atom stereocenters. The number of methoxy groups -OCH3 is 1. The average Bonchev–Trinajstić information content (AvgIpc) is 3.42. The maximum Gasteiger partial charge on any atom is 0.268 e. The molecule has 2 aromatic heterocycles. The number of hydrogen-bond acceptors (Lipinski definition) is 9. The lowest BCUT2D eigenvalue weighted by Crippen LogP contribution is -2.34. The molecule has 0 N–H and O–H groups in total. The zero-order chi connectivity index (χ0) is 37.7. The van der Waals surface area contributed by atoms with E-state index < -0.39 is 22.1 Å². The molecule has 0 spiro atoms. The van der Waals surface area contributed by atoms with E-state index in [9.17, 15) is 16.0 Å². The average molecular weight is 712 g/mol. The van der Waals surface area contributed by atoms with E-state index in [1.807, 2.05) is 13.8 Å². The molecule has 2 aromatic carbocycles. The molecule has 0 aliphatic rings. The Morgan fingerprint density at radius 3 is 2.47 bits per heavy atom. The van der Waals surface area contributed by atoms with Gasteiger partial charge in [-0.25, -0.2) is 17.7 Å². The maximum absolute atomic E-state index is 14.4. The van der Waals surface area contributed by atoms with E-state index in [-0.39, 0.29) is 36.0 Å². The first kappa shape index (κ1) is 34.9. The lowest BCUT2D eigenvalue weighted by molar-refractivity contribution is 0.134. The molecule has 4 aromatic rings. The monoisotopic (exact) mass is 711 g/mol. The van der Waals surface area contributed by atoms with Crippen molar-refractivity contribution in [3.05, 3.63) is 92.4 Å². The molecule has 0 radical (unpaired) electrons. The van der Waals surface area contributed by atoms with Gasteiger partial charge in [0.15, 0.2) is 5.82 Å². The SMILES string of the molecule is [2H]C([2H])(c1ccc(-c2ccccc2S(=O)(=O)N(COC)c2noc(C)c2C)c(COCC)c1)n1c(CCCC)nc(C)c(CC(=S)N(C)C)c1=O. The van der Waals surface area contributed by atoms with Crippen LogP contribution in [0.4, 0.5) is 5.82 Å². The van der Waals surface area contributed by atoms with E-state index in [2.05, 4.69) is 5.16 Å². The van der Waals surface area contributed by atoms with Gasteiger partial charge in [-0.15, -0.1) is 0 Å². The predicted molar refractivity (Wildman–Crippen MR) is 196 cm³/mol. The third-order valence-corrected chi connectivity index (χ3v) is 10.5. The van der Waals surface area contributed by atoms with Crippen molar-refractivity contribution in [2.45, 2.75) is 78.3 Å². The van der Waals surface area contributed by atoms with Crippen molar-refractivity contribution < 1.29 is 25.2 Å². The van der Waals surface area contributed by atoms with E-state index in [0.29, 0.717) is 69.5 Å². The number of aromatic nitrogens is 3. The Kier molecular flexibility index (Phi) is 11.9. The van der Waals surface area contributed by atoms with Crippen molar-refractivity contribution in [2.75, 3.05) is 38.8 Å². The molecule has 0 saturated heterocycles. The van der Waals surface area contributed by atoms with E-state index in [1.54, 1.807) is 76.2 Å². The Morgan fingerprint density at radius 2 is 1.84 bits per heavy atom. The Labute approximate surface area is 297 Å². The van der Waals surface area contributed by atoms with Crippen LogP contribution in [0.25, 0.3) is 11.1 Å². The molecule has 49 heavy (non-hydrogen) atoms. The summed E-state index contributed by atoms with van der Waals surface area (Å²) in [4.78, 5) is 21.2. The van der Waals surface area contributed by atoms with Crippen LogP contribution in [0.3, 0.4) is 0 Å². The first-order valence-corrected chi connectivity index (χ1v) is 18.0. The van der Waals surface area contributed by atoms with Crippen LogP contribution in [0.1, 0.15) is 69.0 Å².